The molecule has 5 heterocycles. The summed E-state index contributed by atoms with van der Waals surface area (Å²) in [6.07, 6.45) is -3.28. The molecule has 2 fully saturated rings. The number of likely N-dealkylation sites (tertiary alicyclic amines) is 1. The molecule has 38 heavy (non-hydrogen) atoms. The van der Waals surface area contributed by atoms with Gasteiger partial charge in [-0.2, -0.15) is 23.4 Å². The van der Waals surface area contributed by atoms with Gasteiger partial charge in [0.1, 0.15) is 5.69 Å². The zero-order valence-electron chi connectivity index (χ0n) is 19.9. The molecule has 5 rings (SSSR count). The number of ether oxygens (including phenoxy) is 1. The number of alkyl halides is 5. The number of carbonyl (C=O) groups is 1. The Kier molecular flexibility index (Phi) is 6.98. The van der Waals surface area contributed by atoms with E-state index in [1.807, 2.05) is 4.90 Å². The van der Waals surface area contributed by atoms with Gasteiger partial charge >= 0.3 is 6.18 Å². The van der Waals surface area contributed by atoms with Gasteiger partial charge in [0.2, 0.25) is 11.9 Å². The number of amides is 1. The van der Waals surface area contributed by atoms with Gasteiger partial charge in [0.05, 0.1) is 60.9 Å². The fourth-order valence-electron chi connectivity index (χ4n) is 5.11. The van der Waals surface area contributed by atoms with Crippen molar-refractivity contribution < 1.29 is 31.5 Å². The molecular weight excluding hydrogens is 519 g/mol. The highest BCUT2D eigenvalue weighted by molar-refractivity contribution is 5.80. The fourth-order valence-corrected chi connectivity index (χ4v) is 5.11. The molecule has 3 aromatic heterocycles. The number of hydrogen-bond acceptors (Lipinski definition) is 8. The number of hydrogen-bond donors (Lipinski definition) is 1. The van der Waals surface area contributed by atoms with E-state index in [-0.39, 0.29) is 61.0 Å². The molecule has 0 bridgehead atoms. The van der Waals surface area contributed by atoms with E-state index in [1.165, 1.54) is 10.9 Å². The SMILES string of the molecule is O=C(CCOCCn1nc(C(F)F)c2c(=O)[nH]ncc21)N1CC[C@@H]2[C@H]1CCN2c1ncc(C(F)(F)F)cn1. The Labute approximate surface area is 211 Å². The highest BCUT2D eigenvalue weighted by Gasteiger charge is 2.45. The molecule has 0 radical (unpaired) electrons. The van der Waals surface area contributed by atoms with Crippen LogP contribution in [0.1, 0.15) is 36.9 Å². The summed E-state index contributed by atoms with van der Waals surface area (Å²) in [6.45, 7) is 1.28. The quantitative estimate of drug-likeness (QED) is 0.340. The van der Waals surface area contributed by atoms with Crippen LogP contribution >= 0.6 is 0 Å². The third-order valence-corrected chi connectivity index (χ3v) is 6.83. The van der Waals surface area contributed by atoms with Crippen molar-refractivity contribution in [2.45, 2.75) is 50.5 Å². The second kappa shape index (κ2) is 10.2. The van der Waals surface area contributed by atoms with Gasteiger partial charge in [-0.15, -0.1) is 0 Å². The second-order valence-corrected chi connectivity index (χ2v) is 8.99. The zero-order chi connectivity index (χ0) is 27.0. The maximum Gasteiger partial charge on any atom is 0.419 e. The largest absolute Gasteiger partial charge is 0.419 e. The molecule has 204 valence electrons. The third kappa shape index (κ3) is 4.91. The van der Waals surface area contributed by atoms with Crippen LogP contribution in [0, 0.1) is 0 Å². The first-order chi connectivity index (χ1) is 18.1. The number of carbonyl (C=O) groups excluding carboxylic acids is 1. The Morgan fingerprint density at radius 3 is 2.55 bits per heavy atom. The Hall–Kier alpha value is -3.69. The number of aromatic nitrogens is 6. The van der Waals surface area contributed by atoms with Crippen LogP contribution in [0.3, 0.4) is 0 Å². The molecule has 0 aromatic carbocycles. The molecule has 11 nitrogen and oxygen atoms in total. The predicted octanol–water partition coefficient (Wildman–Crippen LogP) is 2.15. The van der Waals surface area contributed by atoms with E-state index in [1.54, 1.807) is 4.90 Å². The normalized spacial score (nSPS) is 19.6. The van der Waals surface area contributed by atoms with Crippen LogP contribution < -0.4 is 10.5 Å². The van der Waals surface area contributed by atoms with Gasteiger partial charge in [-0.05, 0) is 12.8 Å². The summed E-state index contributed by atoms with van der Waals surface area (Å²) in [5.41, 5.74) is -2.14. The van der Waals surface area contributed by atoms with Crippen LogP contribution in [0.4, 0.5) is 27.9 Å². The number of aromatic amines is 1. The van der Waals surface area contributed by atoms with Crippen LogP contribution in [-0.4, -0.2) is 79.1 Å². The predicted molar refractivity (Wildman–Crippen MR) is 121 cm³/mol. The van der Waals surface area contributed by atoms with Crippen molar-refractivity contribution >= 4 is 22.8 Å². The van der Waals surface area contributed by atoms with Crippen LogP contribution in [0.25, 0.3) is 10.9 Å². The van der Waals surface area contributed by atoms with E-state index in [4.69, 9.17) is 4.74 Å². The Morgan fingerprint density at radius 1 is 1.11 bits per heavy atom. The maximum absolute atomic E-state index is 13.3. The van der Waals surface area contributed by atoms with E-state index in [0.29, 0.717) is 25.9 Å². The summed E-state index contributed by atoms with van der Waals surface area (Å²) < 4.78 is 71.7. The number of H-pyrrole nitrogens is 1. The first-order valence-electron chi connectivity index (χ1n) is 11.9. The molecular formula is C22H23F5N8O3. The fraction of sp³-hybridized carbons (Fsp3) is 0.545. The zero-order valence-corrected chi connectivity index (χ0v) is 19.9. The molecule has 16 heteroatoms. The first kappa shape index (κ1) is 25.9. The Bertz CT molecular complexity index is 1360. The van der Waals surface area contributed by atoms with Gasteiger partial charge in [0.15, 0.2) is 0 Å². The van der Waals surface area contributed by atoms with Crippen molar-refractivity contribution in [2.24, 2.45) is 0 Å². The number of nitrogens with zero attached hydrogens (tertiary/aromatic N) is 7. The molecule has 0 unspecified atom stereocenters. The third-order valence-electron chi connectivity index (χ3n) is 6.83. The van der Waals surface area contributed by atoms with Gasteiger partial charge < -0.3 is 14.5 Å². The topological polar surface area (TPSA) is 122 Å². The van der Waals surface area contributed by atoms with E-state index < -0.39 is 29.4 Å². The number of halogens is 5. The summed E-state index contributed by atoms with van der Waals surface area (Å²) >= 11 is 0. The lowest BCUT2D eigenvalue weighted by Gasteiger charge is -2.25. The average Bonchev–Trinajstić information content (AvgIpc) is 3.57. The van der Waals surface area contributed by atoms with Crippen LogP contribution in [0.15, 0.2) is 23.4 Å². The summed E-state index contributed by atoms with van der Waals surface area (Å²) in [5.74, 6) is 0.0921. The highest BCUT2D eigenvalue weighted by atomic mass is 19.4. The lowest BCUT2D eigenvalue weighted by atomic mass is 10.1. The summed E-state index contributed by atoms with van der Waals surface area (Å²) in [7, 11) is 0. The Morgan fingerprint density at radius 2 is 1.84 bits per heavy atom. The average molecular weight is 542 g/mol. The minimum absolute atomic E-state index is 0.0740. The molecule has 2 atom stereocenters. The molecule has 2 aliphatic heterocycles. The Balaban J connectivity index is 1.12. The standard InChI is InChI=1S/C22H23F5N8O3/c23-19(24)18-17-15(11-30-31-20(17)37)35(32-18)6-8-38-7-3-16(36)33-4-1-14-13(33)2-5-34(14)21-28-9-12(10-29-21)22(25,26)27/h9-11,13-14,19H,1-8H2,(H,31,37)/t13-,14-/m1/s1. The molecule has 1 N–H and O–H groups in total. The number of fused-ring (bicyclic) bond motifs is 2. The molecule has 2 aliphatic rings. The van der Waals surface area contributed by atoms with Crippen molar-refractivity contribution in [3.63, 3.8) is 0 Å². The number of nitrogens with one attached hydrogen (secondary N) is 1. The lowest BCUT2D eigenvalue weighted by Crippen LogP contribution is -2.40. The monoisotopic (exact) mass is 542 g/mol. The van der Waals surface area contributed by atoms with E-state index >= 15 is 0 Å². The minimum Gasteiger partial charge on any atom is -0.379 e. The summed E-state index contributed by atoms with van der Waals surface area (Å²) in [6, 6.07) is -0.173. The van der Waals surface area contributed by atoms with Crippen molar-refractivity contribution in [2.75, 3.05) is 31.2 Å². The van der Waals surface area contributed by atoms with Crippen LogP contribution in [0.5, 0.6) is 0 Å². The summed E-state index contributed by atoms with van der Waals surface area (Å²) in [4.78, 5) is 36.1. The first-order valence-corrected chi connectivity index (χ1v) is 11.9. The van der Waals surface area contributed by atoms with Gasteiger partial charge in [-0.3, -0.25) is 14.3 Å². The van der Waals surface area contributed by atoms with E-state index in [0.717, 1.165) is 12.4 Å². The molecule has 0 aliphatic carbocycles. The smallest absolute Gasteiger partial charge is 0.379 e. The molecule has 2 saturated heterocycles. The summed E-state index contributed by atoms with van der Waals surface area (Å²) in [5, 5.41) is 9.34. The molecule has 0 saturated carbocycles. The maximum atomic E-state index is 13.3. The molecule has 1 amide bonds. The van der Waals surface area contributed by atoms with Crippen molar-refractivity contribution in [1.82, 2.24) is 34.8 Å². The van der Waals surface area contributed by atoms with E-state index in [9.17, 15) is 31.5 Å². The van der Waals surface area contributed by atoms with Crippen LogP contribution in [0.2, 0.25) is 0 Å². The van der Waals surface area contributed by atoms with Gasteiger partial charge in [0, 0.05) is 25.5 Å². The molecule has 0 spiro atoms. The van der Waals surface area contributed by atoms with Crippen molar-refractivity contribution in [1.29, 1.82) is 0 Å². The van der Waals surface area contributed by atoms with Gasteiger partial charge in [-0.1, -0.05) is 0 Å². The number of rotatable bonds is 8. The van der Waals surface area contributed by atoms with Crippen molar-refractivity contribution in [3.8, 4) is 0 Å². The lowest BCUT2D eigenvalue weighted by molar-refractivity contribution is -0.138. The molecule has 3 aromatic rings. The minimum atomic E-state index is -4.51. The van der Waals surface area contributed by atoms with Gasteiger partial charge in [0.25, 0.3) is 12.0 Å². The highest BCUT2D eigenvalue weighted by Crippen LogP contribution is 2.35. The van der Waals surface area contributed by atoms with Gasteiger partial charge in [-0.25, -0.2) is 23.8 Å². The number of anilines is 1. The van der Waals surface area contributed by atoms with Crippen LogP contribution in [-0.2, 0) is 22.3 Å². The van der Waals surface area contributed by atoms with Crippen molar-refractivity contribution in [3.05, 3.63) is 40.2 Å². The second-order valence-electron chi connectivity index (χ2n) is 8.99. The van der Waals surface area contributed by atoms with E-state index in [2.05, 4.69) is 25.3 Å².